The van der Waals surface area contributed by atoms with Crippen molar-refractivity contribution in [2.75, 3.05) is 0 Å². The summed E-state index contributed by atoms with van der Waals surface area (Å²) < 4.78 is 2.00. The fourth-order valence-electron chi connectivity index (χ4n) is 2.07. The van der Waals surface area contributed by atoms with Gasteiger partial charge in [0.15, 0.2) is 11.4 Å². The molecule has 0 atom stereocenters. The third kappa shape index (κ3) is 4.13. The molecule has 0 unspecified atom stereocenters. The van der Waals surface area contributed by atoms with E-state index in [1.54, 1.807) is 0 Å². The summed E-state index contributed by atoms with van der Waals surface area (Å²) in [6.07, 6.45) is 8.66. The highest BCUT2D eigenvalue weighted by molar-refractivity contribution is 6.31. The average Bonchev–Trinajstić information content (AvgIpc) is 2.67. The van der Waals surface area contributed by atoms with Crippen molar-refractivity contribution in [1.82, 2.24) is 9.55 Å². The Hall–Kier alpha value is -0.830. The fraction of sp³-hybridized carbons (Fsp3) is 0.714. The molecule has 1 rings (SSSR count). The monoisotopic (exact) mass is 270 g/mol. The second-order valence-corrected chi connectivity index (χ2v) is 5.00. The van der Waals surface area contributed by atoms with Crippen molar-refractivity contribution >= 4 is 17.9 Å². The second-order valence-electron chi connectivity index (χ2n) is 4.64. The largest absolute Gasteiger partial charge is 0.325 e. The third-order valence-corrected chi connectivity index (χ3v) is 3.42. The Kier molecular flexibility index (Phi) is 7.02. The molecule has 0 fully saturated rings. The lowest BCUT2D eigenvalue weighted by molar-refractivity contribution is 0.111. The van der Waals surface area contributed by atoms with Crippen LogP contribution >= 0.6 is 11.6 Å². The third-order valence-electron chi connectivity index (χ3n) is 3.14. The first-order valence-corrected chi connectivity index (χ1v) is 7.32. The van der Waals surface area contributed by atoms with Crippen LogP contribution in [0.15, 0.2) is 0 Å². The van der Waals surface area contributed by atoms with Gasteiger partial charge in [-0.1, -0.05) is 51.1 Å². The number of aromatic nitrogens is 2. The fourth-order valence-corrected chi connectivity index (χ4v) is 2.31. The molecule has 0 aromatic carbocycles. The molecule has 0 aliphatic rings. The first kappa shape index (κ1) is 15.2. The summed E-state index contributed by atoms with van der Waals surface area (Å²) in [6, 6.07) is 0. The smallest absolute Gasteiger partial charge is 0.169 e. The molecule has 0 bridgehead atoms. The molecule has 102 valence electrons. The molecule has 0 radical (unpaired) electrons. The van der Waals surface area contributed by atoms with Crippen LogP contribution in [0.5, 0.6) is 0 Å². The number of hydrogen-bond acceptors (Lipinski definition) is 2. The number of nitrogens with zero attached hydrogens (tertiary/aromatic N) is 2. The summed E-state index contributed by atoms with van der Waals surface area (Å²) in [5.74, 6) is 0.959. The molecular weight excluding hydrogens is 248 g/mol. The van der Waals surface area contributed by atoms with Crippen LogP contribution in [0, 0.1) is 0 Å². The number of unbranched alkanes of at least 4 members (excludes halogenated alkanes) is 4. The first-order chi connectivity index (χ1) is 8.74. The molecule has 1 heterocycles. The Morgan fingerprint density at radius 3 is 2.50 bits per heavy atom. The zero-order chi connectivity index (χ0) is 13.4. The quantitative estimate of drug-likeness (QED) is 0.496. The average molecular weight is 271 g/mol. The molecule has 18 heavy (non-hydrogen) atoms. The van der Waals surface area contributed by atoms with E-state index in [0.717, 1.165) is 44.3 Å². The van der Waals surface area contributed by atoms with Crippen LogP contribution < -0.4 is 0 Å². The molecule has 0 N–H and O–H groups in total. The number of halogens is 1. The predicted molar refractivity (Wildman–Crippen MR) is 75.4 cm³/mol. The highest BCUT2D eigenvalue weighted by Crippen LogP contribution is 2.18. The van der Waals surface area contributed by atoms with Crippen LogP contribution in [-0.2, 0) is 13.0 Å². The number of aldehydes is 1. The lowest BCUT2D eigenvalue weighted by Crippen LogP contribution is -2.07. The summed E-state index contributed by atoms with van der Waals surface area (Å²) in [5.41, 5.74) is 0.541. The van der Waals surface area contributed by atoms with E-state index in [4.69, 9.17) is 11.6 Å². The number of carbonyl (C=O) groups excluding carboxylic acids is 1. The Labute approximate surface area is 115 Å². The van der Waals surface area contributed by atoms with Gasteiger partial charge < -0.3 is 4.57 Å². The lowest BCUT2D eigenvalue weighted by Gasteiger charge is -2.08. The van der Waals surface area contributed by atoms with Gasteiger partial charge >= 0.3 is 0 Å². The molecule has 4 heteroatoms. The molecular formula is C14H23ClN2O. The van der Waals surface area contributed by atoms with E-state index < -0.39 is 0 Å². The van der Waals surface area contributed by atoms with Gasteiger partial charge in [-0.25, -0.2) is 4.98 Å². The minimum absolute atomic E-state index is 0.353. The van der Waals surface area contributed by atoms with Gasteiger partial charge in [-0.15, -0.1) is 0 Å². The van der Waals surface area contributed by atoms with Gasteiger partial charge in [0.1, 0.15) is 11.5 Å². The van der Waals surface area contributed by atoms with E-state index in [1.807, 2.05) is 4.57 Å². The molecule has 1 aromatic rings. The molecule has 0 aliphatic carbocycles. The predicted octanol–water partition coefficient (Wildman–Crippen LogP) is 4.27. The van der Waals surface area contributed by atoms with Crippen molar-refractivity contribution < 1.29 is 4.79 Å². The highest BCUT2D eigenvalue weighted by Gasteiger charge is 2.14. The van der Waals surface area contributed by atoms with Crippen LogP contribution in [0.25, 0.3) is 0 Å². The normalized spacial score (nSPS) is 10.8. The summed E-state index contributed by atoms with van der Waals surface area (Å²) in [4.78, 5) is 15.4. The number of hydrogen-bond donors (Lipinski definition) is 0. The Morgan fingerprint density at radius 2 is 1.89 bits per heavy atom. The van der Waals surface area contributed by atoms with Crippen LogP contribution in [0.1, 0.15) is 68.7 Å². The van der Waals surface area contributed by atoms with Crippen molar-refractivity contribution in [3.8, 4) is 0 Å². The van der Waals surface area contributed by atoms with Crippen LogP contribution in [0.2, 0.25) is 5.15 Å². The molecule has 3 nitrogen and oxygen atoms in total. The molecule has 1 aromatic heterocycles. The van der Waals surface area contributed by atoms with Gasteiger partial charge in [0.05, 0.1) is 0 Å². The molecule has 0 saturated heterocycles. The van der Waals surface area contributed by atoms with Gasteiger partial charge in [0.2, 0.25) is 0 Å². The number of imidazole rings is 1. The second kappa shape index (κ2) is 8.30. The Bertz CT molecular complexity index is 374. The molecule has 0 spiro atoms. The summed E-state index contributed by atoms with van der Waals surface area (Å²) in [5, 5.41) is 0.353. The van der Waals surface area contributed by atoms with Gasteiger partial charge in [0, 0.05) is 13.0 Å². The van der Waals surface area contributed by atoms with Gasteiger partial charge in [-0.05, 0) is 12.8 Å². The Morgan fingerprint density at radius 1 is 1.17 bits per heavy atom. The van der Waals surface area contributed by atoms with Crippen molar-refractivity contribution in [2.24, 2.45) is 0 Å². The zero-order valence-corrected chi connectivity index (χ0v) is 12.2. The van der Waals surface area contributed by atoms with E-state index in [-0.39, 0.29) is 0 Å². The minimum Gasteiger partial charge on any atom is -0.325 e. The maximum atomic E-state index is 11.1. The Balaban J connectivity index is 2.73. The molecule has 0 amide bonds. The lowest BCUT2D eigenvalue weighted by atomic mass is 10.2. The SMILES string of the molecule is CCCCCCn1c(CCCC)nc(Cl)c1C=O. The van der Waals surface area contributed by atoms with E-state index >= 15 is 0 Å². The zero-order valence-electron chi connectivity index (χ0n) is 11.4. The van der Waals surface area contributed by atoms with Gasteiger partial charge in [-0.3, -0.25) is 4.79 Å². The van der Waals surface area contributed by atoms with E-state index in [2.05, 4.69) is 18.8 Å². The van der Waals surface area contributed by atoms with Crippen molar-refractivity contribution in [2.45, 2.75) is 65.3 Å². The molecule has 0 aliphatic heterocycles. The summed E-state index contributed by atoms with van der Waals surface area (Å²) in [6.45, 7) is 5.20. The number of rotatable bonds is 9. The van der Waals surface area contributed by atoms with E-state index in [1.165, 1.54) is 19.3 Å². The van der Waals surface area contributed by atoms with Crippen LogP contribution in [0.4, 0.5) is 0 Å². The van der Waals surface area contributed by atoms with E-state index in [0.29, 0.717) is 10.8 Å². The van der Waals surface area contributed by atoms with Crippen molar-refractivity contribution in [3.63, 3.8) is 0 Å². The molecule has 0 saturated carbocycles. The summed E-state index contributed by atoms with van der Waals surface area (Å²) >= 11 is 6.01. The van der Waals surface area contributed by atoms with Crippen LogP contribution in [-0.4, -0.2) is 15.8 Å². The van der Waals surface area contributed by atoms with E-state index in [9.17, 15) is 4.79 Å². The minimum atomic E-state index is 0.353. The summed E-state index contributed by atoms with van der Waals surface area (Å²) in [7, 11) is 0. The highest BCUT2D eigenvalue weighted by atomic mass is 35.5. The van der Waals surface area contributed by atoms with Gasteiger partial charge in [0.25, 0.3) is 0 Å². The maximum Gasteiger partial charge on any atom is 0.169 e. The topological polar surface area (TPSA) is 34.9 Å². The van der Waals surface area contributed by atoms with Crippen molar-refractivity contribution in [1.29, 1.82) is 0 Å². The first-order valence-electron chi connectivity index (χ1n) is 6.94. The standard InChI is InChI=1S/C14H23ClN2O/c1-3-5-7-8-10-17-12(11-18)14(15)16-13(17)9-6-4-2/h11H,3-10H2,1-2H3. The number of aryl methyl sites for hydroxylation is 1. The number of carbonyl (C=O) groups is 1. The van der Waals surface area contributed by atoms with Gasteiger partial charge in [-0.2, -0.15) is 0 Å². The van der Waals surface area contributed by atoms with Crippen LogP contribution in [0.3, 0.4) is 0 Å². The maximum absolute atomic E-state index is 11.1. The van der Waals surface area contributed by atoms with Crippen molar-refractivity contribution in [3.05, 3.63) is 16.7 Å².